The van der Waals surface area contributed by atoms with Gasteiger partial charge >= 0.3 is 0 Å². The molecule has 0 atom stereocenters. The number of hydrogen-bond donors (Lipinski definition) is 1. The van der Waals surface area contributed by atoms with E-state index in [0.717, 1.165) is 13.0 Å². The molecule has 0 bridgehead atoms. The summed E-state index contributed by atoms with van der Waals surface area (Å²) in [6.07, 6.45) is 4.24. The minimum absolute atomic E-state index is 0.316. The van der Waals surface area contributed by atoms with Crippen molar-refractivity contribution in [3.63, 3.8) is 0 Å². The van der Waals surface area contributed by atoms with Crippen molar-refractivity contribution in [2.75, 3.05) is 6.54 Å². The van der Waals surface area contributed by atoms with Gasteiger partial charge in [-0.1, -0.05) is 27.7 Å². The van der Waals surface area contributed by atoms with Crippen LogP contribution in [0.3, 0.4) is 0 Å². The lowest BCUT2D eigenvalue weighted by Gasteiger charge is -2.24. The third kappa shape index (κ3) is 4.79. The topological polar surface area (TPSA) is 29.9 Å². The fraction of sp³-hybridized carbons (Fsp3) is 0.769. The van der Waals surface area contributed by atoms with E-state index in [2.05, 4.69) is 44.2 Å². The van der Waals surface area contributed by atoms with Crippen molar-refractivity contribution in [1.82, 2.24) is 15.1 Å². The second kappa shape index (κ2) is 5.48. The molecule has 0 spiro atoms. The molecule has 0 aromatic carbocycles. The first-order valence-corrected chi connectivity index (χ1v) is 6.11. The van der Waals surface area contributed by atoms with Gasteiger partial charge in [-0.3, -0.25) is 4.68 Å². The van der Waals surface area contributed by atoms with Crippen molar-refractivity contribution in [3.8, 4) is 0 Å². The fourth-order valence-electron chi connectivity index (χ4n) is 1.84. The van der Waals surface area contributed by atoms with E-state index in [0.29, 0.717) is 11.5 Å². The molecule has 0 aliphatic heterocycles. The molecule has 1 heterocycles. The van der Waals surface area contributed by atoms with Gasteiger partial charge in [-0.25, -0.2) is 0 Å². The standard InChI is InChI=1S/C13H25N3/c1-11(2)14-8-7-13(3,4)10-12-6-9-16(5)15-12/h6,9,11,14H,7-8,10H2,1-5H3. The first kappa shape index (κ1) is 13.2. The zero-order valence-corrected chi connectivity index (χ0v) is 11.2. The lowest BCUT2D eigenvalue weighted by Crippen LogP contribution is -2.28. The van der Waals surface area contributed by atoms with Crippen molar-refractivity contribution in [2.24, 2.45) is 12.5 Å². The van der Waals surface area contributed by atoms with E-state index in [9.17, 15) is 0 Å². The van der Waals surface area contributed by atoms with E-state index in [-0.39, 0.29) is 0 Å². The maximum Gasteiger partial charge on any atom is 0.0629 e. The molecule has 0 radical (unpaired) electrons. The van der Waals surface area contributed by atoms with E-state index in [1.165, 1.54) is 12.1 Å². The van der Waals surface area contributed by atoms with Crippen LogP contribution < -0.4 is 5.32 Å². The van der Waals surface area contributed by atoms with Crippen LogP contribution in [0.15, 0.2) is 12.3 Å². The molecule has 16 heavy (non-hydrogen) atoms. The second-order valence-electron chi connectivity index (χ2n) is 5.68. The molecular formula is C13H25N3. The number of rotatable bonds is 6. The molecule has 0 saturated heterocycles. The van der Waals surface area contributed by atoms with Crippen molar-refractivity contribution in [3.05, 3.63) is 18.0 Å². The minimum atomic E-state index is 0.316. The Labute approximate surface area is 99.2 Å². The summed E-state index contributed by atoms with van der Waals surface area (Å²) >= 11 is 0. The van der Waals surface area contributed by atoms with E-state index in [1.807, 2.05) is 17.9 Å². The molecule has 0 aliphatic rings. The minimum Gasteiger partial charge on any atom is -0.315 e. The zero-order chi connectivity index (χ0) is 12.2. The molecule has 0 aliphatic carbocycles. The molecule has 1 N–H and O–H groups in total. The van der Waals surface area contributed by atoms with Gasteiger partial charge in [0.1, 0.15) is 0 Å². The van der Waals surface area contributed by atoms with Crippen LogP contribution in [0.2, 0.25) is 0 Å². The van der Waals surface area contributed by atoms with Crippen LogP contribution in [0.1, 0.15) is 39.8 Å². The van der Waals surface area contributed by atoms with Gasteiger partial charge in [-0.05, 0) is 30.9 Å². The summed E-state index contributed by atoms with van der Waals surface area (Å²) in [5.41, 5.74) is 1.51. The number of aromatic nitrogens is 2. The van der Waals surface area contributed by atoms with E-state index < -0.39 is 0 Å². The first-order valence-electron chi connectivity index (χ1n) is 6.11. The quantitative estimate of drug-likeness (QED) is 0.802. The fourth-order valence-corrected chi connectivity index (χ4v) is 1.84. The number of hydrogen-bond acceptors (Lipinski definition) is 2. The molecule has 0 amide bonds. The van der Waals surface area contributed by atoms with Gasteiger partial charge in [0.05, 0.1) is 5.69 Å². The van der Waals surface area contributed by atoms with Crippen molar-refractivity contribution in [2.45, 2.75) is 46.6 Å². The van der Waals surface area contributed by atoms with Gasteiger partial charge in [0.25, 0.3) is 0 Å². The molecule has 0 fully saturated rings. The van der Waals surface area contributed by atoms with E-state index in [4.69, 9.17) is 0 Å². The summed E-state index contributed by atoms with van der Waals surface area (Å²) < 4.78 is 1.87. The third-order valence-corrected chi connectivity index (χ3v) is 2.78. The van der Waals surface area contributed by atoms with Crippen LogP contribution in [0.5, 0.6) is 0 Å². The molecule has 1 aromatic heterocycles. The van der Waals surface area contributed by atoms with Gasteiger partial charge < -0.3 is 5.32 Å². The maximum absolute atomic E-state index is 4.44. The summed E-state index contributed by atoms with van der Waals surface area (Å²) in [6, 6.07) is 2.68. The van der Waals surface area contributed by atoms with Gasteiger partial charge in [-0.15, -0.1) is 0 Å². The summed E-state index contributed by atoms with van der Waals surface area (Å²) in [5.74, 6) is 0. The molecular weight excluding hydrogens is 198 g/mol. The Kier molecular flexibility index (Phi) is 4.54. The highest BCUT2D eigenvalue weighted by atomic mass is 15.2. The molecule has 1 aromatic rings. The summed E-state index contributed by atoms with van der Waals surface area (Å²) in [5, 5.41) is 7.90. The lowest BCUT2D eigenvalue weighted by atomic mass is 9.84. The third-order valence-electron chi connectivity index (χ3n) is 2.78. The first-order chi connectivity index (χ1) is 7.39. The Bertz CT molecular complexity index is 313. The summed E-state index contributed by atoms with van der Waals surface area (Å²) in [4.78, 5) is 0. The number of nitrogens with one attached hydrogen (secondary N) is 1. The van der Waals surface area contributed by atoms with Crippen LogP contribution in [-0.2, 0) is 13.5 Å². The number of aryl methyl sites for hydroxylation is 1. The van der Waals surface area contributed by atoms with Crippen LogP contribution in [0, 0.1) is 5.41 Å². The van der Waals surface area contributed by atoms with Crippen molar-refractivity contribution < 1.29 is 0 Å². The van der Waals surface area contributed by atoms with Crippen LogP contribution >= 0.6 is 0 Å². The van der Waals surface area contributed by atoms with Gasteiger partial charge in [0.15, 0.2) is 0 Å². The van der Waals surface area contributed by atoms with Gasteiger partial charge in [0.2, 0.25) is 0 Å². The predicted molar refractivity (Wildman–Crippen MR) is 68.4 cm³/mol. The Morgan fingerprint density at radius 3 is 2.62 bits per heavy atom. The monoisotopic (exact) mass is 223 g/mol. The maximum atomic E-state index is 4.44. The molecule has 1 rings (SSSR count). The van der Waals surface area contributed by atoms with Crippen molar-refractivity contribution in [1.29, 1.82) is 0 Å². The van der Waals surface area contributed by atoms with Crippen LogP contribution in [0.4, 0.5) is 0 Å². The average Bonchev–Trinajstić information content (AvgIpc) is 2.48. The van der Waals surface area contributed by atoms with Crippen LogP contribution in [-0.4, -0.2) is 22.4 Å². The van der Waals surface area contributed by atoms with E-state index >= 15 is 0 Å². The Balaban J connectivity index is 2.39. The SMILES string of the molecule is CC(C)NCCC(C)(C)Cc1ccn(C)n1. The highest BCUT2D eigenvalue weighted by molar-refractivity contribution is 5.01. The molecule has 0 unspecified atom stereocenters. The summed E-state index contributed by atoms with van der Waals surface area (Å²) in [6.45, 7) is 10.1. The largest absolute Gasteiger partial charge is 0.315 e. The predicted octanol–water partition coefficient (Wildman–Crippen LogP) is 2.38. The highest BCUT2D eigenvalue weighted by Gasteiger charge is 2.19. The Morgan fingerprint density at radius 2 is 2.12 bits per heavy atom. The summed E-state index contributed by atoms with van der Waals surface area (Å²) in [7, 11) is 1.97. The average molecular weight is 223 g/mol. The number of nitrogens with zero attached hydrogens (tertiary/aromatic N) is 2. The van der Waals surface area contributed by atoms with Gasteiger partial charge in [0, 0.05) is 19.3 Å². The van der Waals surface area contributed by atoms with Crippen molar-refractivity contribution >= 4 is 0 Å². The highest BCUT2D eigenvalue weighted by Crippen LogP contribution is 2.24. The normalized spacial score (nSPS) is 12.4. The Morgan fingerprint density at radius 1 is 1.44 bits per heavy atom. The molecule has 3 nitrogen and oxygen atoms in total. The van der Waals surface area contributed by atoms with Gasteiger partial charge in [-0.2, -0.15) is 5.10 Å². The Hall–Kier alpha value is -0.830. The molecule has 3 heteroatoms. The molecule has 0 saturated carbocycles. The zero-order valence-electron chi connectivity index (χ0n) is 11.2. The smallest absolute Gasteiger partial charge is 0.0629 e. The second-order valence-corrected chi connectivity index (χ2v) is 5.68. The van der Waals surface area contributed by atoms with E-state index in [1.54, 1.807) is 0 Å². The van der Waals surface area contributed by atoms with Crippen LogP contribution in [0.25, 0.3) is 0 Å². The lowest BCUT2D eigenvalue weighted by molar-refractivity contribution is 0.317. The molecule has 92 valence electrons.